The summed E-state index contributed by atoms with van der Waals surface area (Å²) < 4.78 is 6.22. The molecule has 1 aromatic heterocycles. The summed E-state index contributed by atoms with van der Waals surface area (Å²) in [6.45, 7) is 3.30. The number of fused-ring (bicyclic) bond motifs is 1. The number of aromatic nitrogens is 2. The summed E-state index contributed by atoms with van der Waals surface area (Å²) in [6, 6.07) is 10.0. The second-order valence-electron chi connectivity index (χ2n) is 7.88. The highest BCUT2D eigenvalue weighted by molar-refractivity contribution is 5.96. The third kappa shape index (κ3) is 3.25. The van der Waals surface area contributed by atoms with E-state index in [9.17, 15) is 4.79 Å². The van der Waals surface area contributed by atoms with Crippen molar-refractivity contribution in [1.29, 1.82) is 0 Å². The molecule has 4 heterocycles. The minimum Gasteiger partial charge on any atom is -0.373 e. The summed E-state index contributed by atoms with van der Waals surface area (Å²) in [5.41, 5.74) is 2.28. The number of rotatable bonds is 3. The molecule has 3 aliphatic rings. The van der Waals surface area contributed by atoms with Crippen molar-refractivity contribution in [3.05, 3.63) is 41.6 Å². The maximum absolute atomic E-state index is 12.4. The van der Waals surface area contributed by atoms with Crippen LogP contribution >= 0.6 is 0 Å². The predicted molar refractivity (Wildman–Crippen MR) is 106 cm³/mol. The van der Waals surface area contributed by atoms with E-state index in [2.05, 4.69) is 20.9 Å². The molecule has 2 aromatic rings. The molecule has 7 nitrogen and oxygen atoms in total. The Kier molecular flexibility index (Phi) is 4.49. The molecule has 0 radical (unpaired) electrons. The molecule has 1 unspecified atom stereocenters. The summed E-state index contributed by atoms with van der Waals surface area (Å²) in [4.78, 5) is 21.8. The number of benzene rings is 1. The maximum atomic E-state index is 12.4. The quantitative estimate of drug-likeness (QED) is 0.753. The van der Waals surface area contributed by atoms with Crippen molar-refractivity contribution in [3.63, 3.8) is 0 Å². The van der Waals surface area contributed by atoms with Crippen LogP contribution in [-0.2, 0) is 11.2 Å². The van der Waals surface area contributed by atoms with Crippen LogP contribution < -0.4 is 16.0 Å². The van der Waals surface area contributed by atoms with E-state index in [-0.39, 0.29) is 17.6 Å². The van der Waals surface area contributed by atoms with Gasteiger partial charge in [0.25, 0.3) is 5.91 Å². The molecule has 146 valence electrons. The highest BCUT2D eigenvalue weighted by Gasteiger charge is 2.41. The van der Waals surface area contributed by atoms with Crippen LogP contribution in [0, 0.1) is 0 Å². The molecule has 0 aliphatic carbocycles. The van der Waals surface area contributed by atoms with Crippen LogP contribution in [0.4, 0.5) is 5.82 Å². The molecule has 1 spiro atoms. The standard InChI is InChI=1S/C21H25N5O2/c27-20-17-16(6-9-23-20)19(26-18(25-17)14-4-2-1-3-5-14)24-15-12-21(28-13-15)7-10-22-11-8-21/h1-5,15,22H,6-13H2,(H,23,27)(H,24,25,26). The highest BCUT2D eigenvalue weighted by atomic mass is 16.5. The Morgan fingerprint density at radius 1 is 1.11 bits per heavy atom. The number of carbonyl (C=O) groups excluding carboxylic acids is 1. The van der Waals surface area contributed by atoms with Gasteiger partial charge in [-0.05, 0) is 38.8 Å². The van der Waals surface area contributed by atoms with E-state index >= 15 is 0 Å². The lowest BCUT2D eigenvalue weighted by atomic mass is 9.88. The fourth-order valence-corrected chi connectivity index (χ4v) is 4.49. The zero-order chi connectivity index (χ0) is 19.0. The molecule has 1 aromatic carbocycles. The van der Waals surface area contributed by atoms with Crippen molar-refractivity contribution < 1.29 is 9.53 Å². The SMILES string of the molecule is O=C1NCCc2c(NC3COC4(CCNCC4)C3)nc(-c3ccccc3)nc21. The zero-order valence-electron chi connectivity index (χ0n) is 15.8. The Labute approximate surface area is 164 Å². The van der Waals surface area contributed by atoms with Crippen molar-refractivity contribution >= 4 is 11.7 Å². The average Bonchev–Trinajstić information content (AvgIpc) is 3.11. The molecule has 3 aliphatic heterocycles. The monoisotopic (exact) mass is 379 g/mol. The number of piperidine rings is 1. The number of amides is 1. The van der Waals surface area contributed by atoms with Crippen LogP contribution in [0.2, 0.25) is 0 Å². The van der Waals surface area contributed by atoms with Crippen LogP contribution in [0.1, 0.15) is 35.3 Å². The van der Waals surface area contributed by atoms with Gasteiger partial charge in [-0.15, -0.1) is 0 Å². The Morgan fingerprint density at radius 2 is 1.93 bits per heavy atom. The van der Waals surface area contributed by atoms with Crippen LogP contribution in [0.25, 0.3) is 11.4 Å². The summed E-state index contributed by atoms with van der Waals surface area (Å²) in [5.74, 6) is 1.23. The van der Waals surface area contributed by atoms with Crippen molar-refractivity contribution in [3.8, 4) is 11.4 Å². The lowest BCUT2D eigenvalue weighted by Gasteiger charge is -2.33. The average molecular weight is 379 g/mol. The molecule has 0 saturated carbocycles. The number of anilines is 1. The van der Waals surface area contributed by atoms with E-state index in [1.165, 1.54) is 0 Å². The fraction of sp³-hybridized carbons (Fsp3) is 0.476. The molecular formula is C21H25N5O2. The molecule has 2 saturated heterocycles. The van der Waals surface area contributed by atoms with Crippen molar-refractivity contribution in [2.45, 2.75) is 37.3 Å². The van der Waals surface area contributed by atoms with Crippen molar-refractivity contribution in [2.24, 2.45) is 0 Å². The second kappa shape index (κ2) is 7.14. The highest BCUT2D eigenvalue weighted by Crippen LogP contribution is 2.36. The van der Waals surface area contributed by atoms with Gasteiger partial charge in [0.1, 0.15) is 11.5 Å². The first-order valence-electron chi connectivity index (χ1n) is 10.1. The Hall–Kier alpha value is -2.51. The number of carbonyl (C=O) groups is 1. The summed E-state index contributed by atoms with van der Waals surface area (Å²) in [7, 11) is 0. The summed E-state index contributed by atoms with van der Waals surface area (Å²) in [6.07, 6.45) is 3.80. The normalized spacial score (nSPS) is 23.3. The number of nitrogens with one attached hydrogen (secondary N) is 3. The van der Waals surface area contributed by atoms with Crippen molar-refractivity contribution in [2.75, 3.05) is 31.6 Å². The molecule has 28 heavy (non-hydrogen) atoms. The number of nitrogens with zero attached hydrogens (tertiary/aromatic N) is 2. The molecular weight excluding hydrogens is 354 g/mol. The first-order valence-corrected chi connectivity index (χ1v) is 10.1. The first kappa shape index (κ1) is 17.6. The zero-order valence-corrected chi connectivity index (χ0v) is 15.8. The van der Waals surface area contributed by atoms with Gasteiger partial charge in [0.05, 0.1) is 18.2 Å². The molecule has 3 N–H and O–H groups in total. The Balaban J connectivity index is 1.46. The molecule has 2 fully saturated rings. The lowest BCUT2D eigenvalue weighted by Crippen LogP contribution is -2.42. The van der Waals surface area contributed by atoms with Gasteiger partial charge in [-0.1, -0.05) is 30.3 Å². The minimum absolute atomic E-state index is 0.0182. The molecule has 1 amide bonds. The third-order valence-electron chi connectivity index (χ3n) is 5.98. The van der Waals surface area contributed by atoms with Gasteiger partial charge in [0.2, 0.25) is 0 Å². The summed E-state index contributed by atoms with van der Waals surface area (Å²) >= 11 is 0. The van der Waals surface area contributed by atoms with E-state index in [0.29, 0.717) is 24.7 Å². The second-order valence-corrected chi connectivity index (χ2v) is 7.88. The maximum Gasteiger partial charge on any atom is 0.270 e. The molecule has 5 rings (SSSR count). The van der Waals surface area contributed by atoms with Gasteiger partial charge in [-0.3, -0.25) is 4.79 Å². The molecule has 0 bridgehead atoms. The van der Waals surface area contributed by atoms with Gasteiger partial charge in [-0.25, -0.2) is 9.97 Å². The molecule has 1 atom stereocenters. The van der Waals surface area contributed by atoms with Crippen molar-refractivity contribution in [1.82, 2.24) is 20.6 Å². The lowest BCUT2D eigenvalue weighted by molar-refractivity contribution is -0.0192. The number of hydrogen-bond donors (Lipinski definition) is 3. The van der Waals surface area contributed by atoms with Gasteiger partial charge in [0, 0.05) is 17.7 Å². The predicted octanol–water partition coefficient (Wildman–Crippen LogP) is 1.75. The third-order valence-corrected chi connectivity index (χ3v) is 5.98. The Bertz CT molecular complexity index is 880. The minimum atomic E-state index is -0.124. The topological polar surface area (TPSA) is 88.2 Å². The van der Waals surface area contributed by atoms with Crippen LogP contribution in [0.3, 0.4) is 0 Å². The number of hydrogen-bond acceptors (Lipinski definition) is 6. The van der Waals surface area contributed by atoms with E-state index in [4.69, 9.17) is 9.72 Å². The fourth-order valence-electron chi connectivity index (χ4n) is 4.49. The summed E-state index contributed by atoms with van der Waals surface area (Å²) in [5, 5.41) is 9.90. The molecule has 7 heteroatoms. The number of ether oxygens (including phenoxy) is 1. The van der Waals surface area contributed by atoms with Gasteiger partial charge >= 0.3 is 0 Å². The van der Waals surface area contributed by atoms with Crippen LogP contribution in [0.15, 0.2) is 30.3 Å². The smallest absolute Gasteiger partial charge is 0.270 e. The van der Waals surface area contributed by atoms with E-state index < -0.39 is 0 Å². The van der Waals surface area contributed by atoms with Crippen LogP contribution in [0.5, 0.6) is 0 Å². The first-order chi connectivity index (χ1) is 13.7. The van der Waals surface area contributed by atoms with E-state index in [0.717, 1.165) is 55.7 Å². The Morgan fingerprint density at radius 3 is 2.75 bits per heavy atom. The van der Waals surface area contributed by atoms with E-state index in [1.807, 2.05) is 30.3 Å². The largest absolute Gasteiger partial charge is 0.373 e. The van der Waals surface area contributed by atoms with E-state index in [1.54, 1.807) is 0 Å². The van der Waals surface area contributed by atoms with Crippen LogP contribution in [-0.4, -0.2) is 53.8 Å². The van der Waals surface area contributed by atoms with Gasteiger partial charge < -0.3 is 20.7 Å². The van der Waals surface area contributed by atoms with Gasteiger partial charge in [0.15, 0.2) is 5.82 Å². The van der Waals surface area contributed by atoms with Gasteiger partial charge in [-0.2, -0.15) is 0 Å².